The van der Waals surface area contributed by atoms with E-state index in [-0.39, 0.29) is 18.2 Å². The van der Waals surface area contributed by atoms with Crippen LogP contribution in [0.3, 0.4) is 0 Å². The van der Waals surface area contributed by atoms with Gasteiger partial charge in [-0.25, -0.2) is 0 Å². The zero-order chi connectivity index (χ0) is 14.8. The van der Waals surface area contributed by atoms with Crippen molar-refractivity contribution in [2.75, 3.05) is 5.75 Å². The first-order chi connectivity index (χ1) is 9.37. The predicted molar refractivity (Wildman–Crippen MR) is 73.1 cm³/mol. The molecule has 0 amide bonds. The number of benzene rings is 1. The third-order valence-electron chi connectivity index (χ3n) is 3.45. The van der Waals surface area contributed by atoms with Gasteiger partial charge in [-0.1, -0.05) is 24.3 Å². The standard InChI is InChI=1S/C13H17NO5S/c15-13(16)12-8-9-4-1-2-5-10(9)11(14-12)6-3-7-20(17,18)19/h1-2,4-5,11-12,14H,3,6-8H2,(H,15,16)(H,17,18,19). The summed E-state index contributed by atoms with van der Waals surface area (Å²) in [7, 11) is -3.98. The van der Waals surface area contributed by atoms with E-state index in [1.165, 1.54) is 0 Å². The molecule has 0 radical (unpaired) electrons. The highest BCUT2D eigenvalue weighted by atomic mass is 32.2. The fourth-order valence-electron chi connectivity index (χ4n) is 2.54. The first-order valence-electron chi connectivity index (χ1n) is 6.38. The van der Waals surface area contributed by atoms with Crippen LogP contribution in [0.5, 0.6) is 0 Å². The Hall–Kier alpha value is -1.44. The molecular weight excluding hydrogens is 282 g/mol. The van der Waals surface area contributed by atoms with Crippen molar-refractivity contribution in [1.82, 2.24) is 5.32 Å². The molecule has 2 unspecified atom stereocenters. The SMILES string of the molecule is O=C(O)C1Cc2ccccc2C(CCCS(=O)(=O)O)N1. The van der Waals surface area contributed by atoms with E-state index < -0.39 is 22.1 Å². The van der Waals surface area contributed by atoms with Gasteiger partial charge in [-0.3, -0.25) is 14.7 Å². The minimum Gasteiger partial charge on any atom is -0.480 e. The second-order valence-electron chi connectivity index (χ2n) is 4.94. The molecule has 110 valence electrons. The molecule has 0 aliphatic carbocycles. The minimum absolute atomic E-state index is 0.206. The van der Waals surface area contributed by atoms with Crippen molar-refractivity contribution in [2.24, 2.45) is 0 Å². The number of carboxylic acid groups (broad SMARTS) is 1. The lowest BCUT2D eigenvalue weighted by atomic mass is 9.88. The number of hydrogen-bond acceptors (Lipinski definition) is 4. The van der Waals surface area contributed by atoms with E-state index >= 15 is 0 Å². The molecule has 0 bridgehead atoms. The lowest BCUT2D eigenvalue weighted by Crippen LogP contribution is -2.44. The van der Waals surface area contributed by atoms with Crippen LogP contribution in [0.4, 0.5) is 0 Å². The van der Waals surface area contributed by atoms with Crippen LogP contribution < -0.4 is 5.32 Å². The molecule has 1 heterocycles. The van der Waals surface area contributed by atoms with Gasteiger partial charge < -0.3 is 5.11 Å². The van der Waals surface area contributed by atoms with Crippen molar-refractivity contribution < 1.29 is 22.9 Å². The molecule has 6 nitrogen and oxygen atoms in total. The van der Waals surface area contributed by atoms with E-state index in [0.717, 1.165) is 11.1 Å². The monoisotopic (exact) mass is 299 g/mol. The van der Waals surface area contributed by atoms with E-state index in [4.69, 9.17) is 9.66 Å². The Morgan fingerprint density at radius 1 is 1.35 bits per heavy atom. The maximum absolute atomic E-state index is 11.1. The molecule has 7 heteroatoms. The summed E-state index contributed by atoms with van der Waals surface area (Å²) in [5.41, 5.74) is 1.97. The molecule has 0 aromatic heterocycles. The van der Waals surface area contributed by atoms with Gasteiger partial charge in [-0.05, 0) is 30.4 Å². The summed E-state index contributed by atoms with van der Waals surface area (Å²) in [6.07, 6.45) is 1.15. The predicted octanol–water partition coefficient (Wildman–Crippen LogP) is 0.995. The van der Waals surface area contributed by atoms with Crippen LogP contribution in [0.15, 0.2) is 24.3 Å². The Labute approximate surface area is 117 Å². The summed E-state index contributed by atoms with van der Waals surface area (Å²) in [6.45, 7) is 0. The van der Waals surface area contributed by atoms with Crippen LogP contribution in [-0.4, -0.2) is 35.8 Å². The summed E-state index contributed by atoms with van der Waals surface area (Å²) < 4.78 is 30.2. The van der Waals surface area contributed by atoms with Crippen molar-refractivity contribution in [1.29, 1.82) is 0 Å². The zero-order valence-electron chi connectivity index (χ0n) is 10.8. The Kier molecular flexibility index (Phi) is 4.42. The molecule has 2 rings (SSSR count). The average Bonchev–Trinajstić information content (AvgIpc) is 2.36. The molecule has 1 aromatic rings. The van der Waals surface area contributed by atoms with Crippen molar-refractivity contribution in [3.8, 4) is 0 Å². The fraction of sp³-hybridized carbons (Fsp3) is 0.462. The van der Waals surface area contributed by atoms with Crippen molar-refractivity contribution in [3.63, 3.8) is 0 Å². The average molecular weight is 299 g/mol. The molecule has 2 atom stereocenters. The smallest absolute Gasteiger partial charge is 0.321 e. The van der Waals surface area contributed by atoms with Gasteiger partial charge in [0.1, 0.15) is 6.04 Å². The van der Waals surface area contributed by atoms with E-state index in [9.17, 15) is 13.2 Å². The maximum Gasteiger partial charge on any atom is 0.321 e. The van der Waals surface area contributed by atoms with Crippen molar-refractivity contribution in [3.05, 3.63) is 35.4 Å². The Morgan fingerprint density at radius 2 is 2.05 bits per heavy atom. The summed E-state index contributed by atoms with van der Waals surface area (Å²) >= 11 is 0. The van der Waals surface area contributed by atoms with Gasteiger partial charge in [0.05, 0.1) is 5.75 Å². The first kappa shape index (κ1) is 15.0. The lowest BCUT2D eigenvalue weighted by Gasteiger charge is -2.31. The fourth-order valence-corrected chi connectivity index (χ4v) is 3.07. The van der Waals surface area contributed by atoms with Crippen LogP contribution in [0, 0.1) is 0 Å². The van der Waals surface area contributed by atoms with Crippen LogP contribution in [0.2, 0.25) is 0 Å². The third kappa shape index (κ3) is 3.78. The number of carbonyl (C=O) groups is 1. The van der Waals surface area contributed by atoms with Gasteiger partial charge in [0.2, 0.25) is 0 Å². The summed E-state index contributed by atoms with van der Waals surface area (Å²) in [6, 6.07) is 6.67. The normalized spacial score (nSPS) is 22.2. The van der Waals surface area contributed by atoms with Gasteiger partial charge in [0.15, 0.2) is 0 Å². The summed E-state index contributed by atoms with van der Waals surface area (Å²) in [4.78, 5) is 11.1. The molecule has 0 fully saturated rings. The molecule has 1 aliphatic heterocycles. The molecule has 1 aromatic carbocycles. The number of rotatable bonds is 5. The van der Waals surface area contributed by atoms with Crippen molar-refractivity contribution >= 4 is 16.1 Å². The highest BCUT2D eigenvalue weighted by molar-refractivity contribution is 7.85. The van der Waals surface area contributed by atoms with Crippen molar-refractivity contribution in [2.45, 2.75) is 31.3 Å². The lowest BCUT2D eigenvalue weighted by molar-refractivity contribution is -0.139. The molecule has 0 saturated heterocycles. The highest BCUT2D eigenvalue weighted by Crippen LogP contribution is 2.28. The molecule has 3 N–H and O–H groups in total. The second kappa shape index (κ2) is 5.90. The molecule has 20 heavy (non-hydrogen) atoms. The van der Waals surface area contributed by atoms with Crippen LogP contribution in [0.1, 0.15) is 30.0 Å². The first-order valence-corrected chi connectivity index (χ1v) is 7.99. The van der Waals surface area contributed by atoms with Gasteiger partial charge >= 0.3 is 5.97 Å². The van der Waals surface area contributed by atoms with E-state index in [0.29, 0.717) is 12.8 Å². The number of hydrogen-bond donors (Lipinski definition) is 3. The molecular formula is C13H17NO5S. The van der Waals surface area contributed by atoms with Crippen LogP contribution in [0.25, 0.3) is 0 Å². The van der Waals surface area contributed by atoms with Gasteiger partial charge in [0, 0.05) is 6.04 Å². The Bertz CT molecular complexity index is 599. The third-order valence-corrected chi connectivity index (χ3v) is 4.25. The van der Waals surface area contributed by atoms with Gasteiger partial charge in [-0.15, -0.1) is 0 Å². The quantitative estimate of drug-likeness (QED) is 0.701. The van der Waals surface area contributed by atoms with E-state index in [1.807, 2.05) is 24.3 Å². The number of fused-ring (bicyclic) bond motifs is 1. The second-order valence-corrected chi connectivity index (χ2v) is 6.51. The summed E-state index contributed by atoms with van der Waals surface area (Å²) in [5.74, 6) is -1.23. The Balaban J connectivity index is 2.12. The molecule has 1 aliphatic rings. The molecule has 0 spiro atoms. The number of carboxylic acids is 1. The number of nitrogens with one attached hydrogen (secondary N) is 1. The summed E-state index contributed by atoms with van der Waals surface area (Å²) in [5, 5.41) is 12.2. The van der Waals surface area contributed by atoms with E-state index in [1.54, 1.807) is 0 Å². The van der Waals surface area contributed by atoms with Gasteiger partial charge in [0.25, 0.3) is 10.1 Å². The minimum atomic E-state index is -3.98. The van der Waals surface area contributed by atoms with Gasteiger partial charge in [-0.2, -0.15) is 8.42 Å². The van der Waals surface area contributed by atoms with Crippen LogP contribution in [-0.2, 0) is 21.3 Å². The zero-order valence-corrected chi connectivity index (χ0v) is 11.6. The van der Waals surface area contributed by atoms with E-state index in [2.05, 4.69) is 5.32 Å². The highest BCUT2D eigenvalue weighted by Gasteiger charge is 2.29. The van der Waals surface area contributed by atoms with Crippen LogP contribution >= 0.6 is 0 Å². The largest absolute Gasteiger partial charge is 0.480 e. The topological polar surface area (TPSA) is 104 Å². The molecule has 0 saturated carbocycles. The Morgan fingerprint density at radius 3 is 2.70 bits per heavy atom. The number of aliphatic carboxylic acids is 1. The maximum atomic E-state index is 11.1.